The van der Waals surface area contributed by atoms with Crippen molar-refractivity contribution in [1.29, 1.82) is 0 Å². The molecule has 0 bridgehead atoms. The lowest BCUT2D eigenvalue weighted by Gasteiger charge is -2.13. The molecule has 6 nitrogen and oxygen atoms in total. The zero-order valence-corrected chi connectivity index (χ0v) is 17.0. The van der Waals surface area contributed by atoms with Crippen molar-refractivity contribution < 1.29 is 14.5 Å². The molecule has 1 aliphatic heterocycles. The average molecular weight is 415 g/mol. The van der Waals surface area contributed by atoms with Crippen LogP contribution in [0.4, 0.5) is 11.4 Å². The molecule has 144 valence electrons. The number of hydrogen-bond donors (Lipinski definition) is 0. The molecule has 0 unspecified atom stereocenters. The molecule has 1 amide bonds. The molecule has 0 spiro atoms. The van der Waals surface area contributed by atoms with Gasteiger partial charge in [-0.15, -0.1) is 0 Å². The van der Waals surface area contributed by atoms with E-state index in [4.69, 9.17) is 17.0 Å². The molecule has 0 atom stereocenters. The zero-order chi connectivity index (χ0) is 20.3. The van der Waals surface area contributed by atoms with Crippen molar-refractivity contribution in [3.05, 3.63) is 69.1 Å². The minimum absolute atomic E-state index is 0.0903. The van der Waals surface area contributed by atoms with Gasteiger partial charge in [-0.25, -0.2) is 0 Å². The van der Waals surface area contributed by atoms with Crippen LogP contribution in [-0.2, 0) is 4.79 Å². The van der Waals surface area contributed by atoms with E-state index in [1.165, 1.54) is 34.9 Å². The quantitative estimate of drug-likeness (QED) is 0.285. The molecule has 0 N–H and O–H groups in total. The van der Waals surface area contributed by atoms with E-state index in [-0.39, 0.29) is 11.6 Å². The maximum absolute atomic E-state index is 12.8. The monoisotopic (exact) mass is 414 g/mol. The first-order valence-corrected chi connectivity index (χ1v) is 9.83. The number of anilines is 1. The van der Waals surface area contributed by atoms with Crippen molar-refractivity contribution >= 4 is 51.7 Å². The highest BCUT2D eigenvalue weighted by molar-refractivity contribution is 8.27. The van der Waals surface area contributed by atoms with E-state index < -0.39 is 4.92 Å². The molecule has 1 heterocycles. The standard InChI is InChI=1S/C20H18N2O4S2/c1-13(2)12-26-17-8-6-14(7-9-17)10-18-19(23)21(20(27)28-18)15-4-3-5-16(11-15)22(24)25/h3-11,13H,12H2,1-2H3/b18-10+. The maximum atomic E-state index is 12.8. The van der Waals surface area contributed by atoms with Crippen LogP contribution in [0.3, 0.4) is 0 Å². The summed E-state index contributed by atoms with van der Waals surface area (Å²) in [5.41, 5.74) is 1.14. The number of ether oxygens (including phenoxy) is 1. The number of thioether (sulfide) groups is 1. The molecular weight excluding hydrogens is 396 g/mol. The zero-order valence-electron chi connectivity index (χ0n) is 15.3. The normalized spacial score (nSPS) is 15.5. The van der Waals surface area contributed by atoms with E-state index in [9.17, 15) is 14.9 Å². The average Bonchev–Trinajstić information content (AvgIpc) is 2.94. The summed E-state index contributed by atoms with van der Waals surface area (Å²) < 4.78 is 6.00. The first-order valence-electron chi connectivity index (χ1n) is 8.60. The van der Waals surface area contributed by atoms with Crippen LogP contribution in [-0.4, -0.2) is 21.8 Å². The fourth-order valence-electron chi connectivity index (χ4n) is 2.51. The van der Waals surface area contributed by atoms with Gasteiger partial charge < -0.3 is 4.74 Å². The number of nitro benzene ring substituents is 1. The molecule has 1 aliphatic rings. The molecule has 28 heavy (non-hydrogen) atoms. The highest BCUT2D eigenvalue weighted by atomic mass is 32.2. The molecule has 1 saturated heterocycles. The van der Waals surface area contributed by atoms with Crippen molar-refractivity contribution in [3.63, 3.8) is 0 Å². The lowest BCUT2D eigenvalue weighted by Crippen LogP contribution is -2.27. The number of rotatable bonds is 6. The van der Waals surface area contributed by atoms with Crippen LogP contribution in [0, 0.1) is 16.0 Å². The molecule has 3 rings (SSSR count). The number of benzene rings is 2. The van der Waals surface area contributed by atoms with Crippen molar-refractivity contribution in [2.24, 2.45) is 5.92 Å². The lowest BCUT2D eigenvalue weighted by molar-refractivity contribution is -0.384. The van der Waals surface area contributed by atoms with E-state index in [0.29, 0.717) is 27.4 Å². The van der Waals surface area contributed by atoms with Gasteiger partial charge in [0.2, 0.25) is 0 Å². The number of non-ortho nitro benzene ring substituents is 1. The van der Waals surface area contributed by atoms with Crippen LogP contribution < -0.4 is 9.64 Å². The van der Waals surface area contributed by atoms with Crippen LogP contribution in [0.1, 0.15) is 19.4 Å². The van der Waals surface area contributed by atoms with Crippen molar-refractivity contribution in [1.82, 2.24) is 0 Å². The van der Waals surface area contributed by atoms with Gasteiger partial charge in [-0.1, -0.05) is 56.0 Å². The van der Waals surface area contributed by atoms with Gasteiger partial charge in [0.1, 0.15) is 5.75 Å². The van der Waals surface area contributed by atoms with E-state index >= 15 is 0 Å². The highest BCUT2D eigenvalue weighted by Crippen LogP contribution is 2.37. The first kappa shape index (κ1) is 20.0. The Balaban J connectivity index is 1.79. The Morgan fingerprint density at radius 1 is 1.25 bits per heavy atom. The van der Waals surface area contributed by atoms with Gasteiger partial charge >= 0.3 is 0 Å². The smallest absolute Gasteiger partial charge is 0.271 e. The largest absolute Gasteiger partial charge is 0.493 e. The number of carbonyl (C=O) groups excluding carboxylic acids is 1. The Kier molecular flexibility index (Phi) is 6.11. The predicted octanol–water partition coefficient (Wildman–Crippen LogP) is 5.04. The summed E-state index contributed by atoms with van der Waals surface area (Å²) in [5.74, 6) is 0.917. The van der Waals surface area contributed by atoms with Gasteiger partial charge in [-0.2, -0.15) is 0 Å². The number of thiocarbonyl (C=S) groups is 1. The Hall–Kier alpha value is -2.71. The highest BCUT2D eigenvalue weighted by Gasteiger charge is 2.33. The van der Waals surface area contributed by atoms with Crippen molar-refractivity contribution in [3.8, 4) is 5.75 Å². The van der Waals surface area contributed by atoms with Crippen molar-refractivity contribution in [2.45, 2.75) is 13.8 Å². The maximum Gasteiger partial charge on any atom is 0.271 e. The van der Waals surface area contributed by atoms with Crippen LogP contribution in [0.25, 0.3) is 6.08 Å². The summed E-state index contributed by atoms with van der Waals surface area (Å²) in [6.45, 7) is 4.80. The van der Waals surface area contributed by atoms with Gasteiger partial charge in [0.15, 0.2) is 4.32 Å². The van der Waals surface area contributed by atoms with Gasteiger partial charge in [0, 0.05) is 12.1 Å². The molecule has 0 saturated carbocycles. The van der Waals surface area contributed by atoms with E-state index in [2.05, 4.69) is 13.8 Å². The summed E-state index contributed by atoms with van der Waals surface area (Å²) in [6, 6.07) is 13.3. The second kappa shape index (κ2) is 8.53. The Bertz CT molecular complexity index is 955. The molecule has 2 aromatic rings. The minimum atomic E-state index is -0.500. The number of hydrogen-bond acceptors (Lipinski definition) is 6. The third-order valence-corrected chi connectivity index (χ3v) is 5.16. The molecular formula is C20H18N2O4S2. The molecule has 0 aliphatic carbocycles. The third-order valence-electron chi connectivity index (χ3n) is 3.85. The molecule has 0 radical (unpaired) electrons. The summed E-state index contributed by atoms with van der Waals surface area (Å²) in [4.78, 5) is 25.1. The SMILES string of the molecule is CC(C)COc1ccc(/C=C2/SC(=S)N(c3cccc([N+](=O)[O-])c3)C2=O)cc1. The summed E-state index contributed by atoms with van der Waals surface area (Å²) in [7, 11) is 0. The minimum Gasteiger partial charge on any atom is -0.493 e. The first-order chi connectivity index (χ1) is 13.3. The fourth-order valence-corrected chi connectivity index (χ4v) is 3.81. The topological polar surface area (TPSA) is 72.7 Å². The summed E-state index contributed by atoms with van der Waals surface area (Å²) in [5, 5.41) is 11.0. The summed E-state index contributed by atoms with van der Waals surface area (Å²) >= 11 is 6.49. The third kappa shape index (κ3) is 4.58. The van der Waals surface area contributed by atoms with Gasteiger partial charge in [0.05, 0.1) is 22.1 Å². The summed E-state index contributed by atoms with van der Waals surface area (Å²) in [6.07, 6.45) is 1.75. The fraction of sp³-hybridized carbons (Fsp3) is 0.200. The number of amides is 1. The molecule has 0 aromatic heterocycles. The van der Waals surface area contributed by atoms with Crippen LogP contribution in [0.15, 0.2) is 53.4 Å². The van der Waals surface area contributed by atoms with Crippen molar-refractivity contribution in [2.75, 3.05) is 11.5 Å². The Morgan fingerprint density at radius 3 is 2.61 bits per heavy atom. The second-order valence-electron chi connectivity index (χ2n) is 6.57. The molecule has 2 aromatic carbocycles. The predicted molar refractivity (Wildman–Crippen MR) is 116 cm³/mol. The van der Waals surface area contributed by atoms with E-state index in [0.717, 1.165) is 11.3 Å². The Morgan fingerprint density at radius 2 is 1.96 bits per heavy atom. The number of nitrogens with zero attached hydrogens (tertiary/aromatic N) is 2. The van der Waals surface area contributed by atoms with E-state index in [1.54, 1.807) is 12.1 Å². The number of nitro groups is 1. The van der Waals surface area contributed by atoms with Gasteiger partial charge in [-0.05, 0) is 35.8 Å². The van der Waals surface area contributed by atoms with E-state index in [1.807, 2.05) is 24.3 Å². The Labute approximate surface area is 172 Å². The van der Waals surface area contributed by atoms with Crippen LogP contribution in [0.2, 0.25) is 0 Å². The number of carbonyl (C=O) groups is 1. The van der Waals surface area contributed by atoms with Gasteiger partial charge in [0.25, 0.3) is 11.6 Å². The van der Waals surface area contributed by atoms with Crippen LogP contribution in [0.5, 0.6) is 5.75 Å². The lowest BCUT2D eigenvalue weighted by atomic mass is 10.2. The molecule has 1 fully saturated rings. The van der Waals surface area contributed by atoms with Gasteiger partial charge in [-0.3, -0.25) is 19.8 Å². The second-order valence-corrected chi connectivity index (χ2v) is 8.24. The van der Waals surface area contributed by atoms with Crippen LogP contribution >= 0.6 is 24.0 Å². The molecule has 8 heteroatoms.